The van der Waals surface area contributed by atoms with Gasteiger partial charge in [0.15, 0.2) is 0 Å². The molecule has 1 saturated heterocycles. The second-order valence-electron chi connectivity index (χ2n) is 10.3. The van der Waals surface area contributed by atoms with Crippen molar-refractivity contribution in [2.75, 3.05) is 39.3 Å². The molecule has 0 atom stereocenters. The van der Waals surface area contributed by atoms with Crippen LogP contribution in [0.15, 0.2) is 41.2 Å². The second kappa shape index (κ2) is 14.4. The van der Waals surface area contributed by atoms with E-state index in [0.29, 0.717) is 38.4 Å². The van der Waals surface area contributed by atoms with Crippen molar-refractivity contribution in [3.05, 3.63) is 36.2 Å². The maximum Gasteiger partial charge on any atom is 0.340 e. The molecule has 204 valence electrons. The molecular weight excluding hydrogens is 477 g/mol. The van der Waals surface area contributed by atoms with E-state index in [9.17, 15) is 18.8 Å². The zero-order valence-electron chi connectivity index (χ0n) is 22.1. The van der Waals surface area contributed by atoms with E-state index in [-0.39, 0.29) is 36.0 Å². The van der Waals surface area contributed by atoms with Crippen molar-refractivity contribution in [3.8, 4) is 0 Å². The first kappa shape index (κ1) is 29.9. The number of carbonyl (C=O) groups excluding carboxylic acids is 3. The Hall–Kier alpha value is -3.34. The van der Waals surface area contributed by atoms with Gasteiger partial charge in [0.05, 0.1) is 6.54 Å². The Kier molecular flexibility index (Phi) is 11.6. The summed E-state index contributed by atoms with van der Waals surface area (Å²) in [5.41, 5.74) is 0.196. The van der Waals surface area contributed by atoms with Gasteiger partial charge in [-0.3, -0.25) is 9.69 Å². The summed E-state index contributed by atoms with van der Waals surface area (Å²) in [5, 5.41) is 16.1. The third-order valence-electron chi connectivity index (χ3n) is 5.82. The number of amides is 5. The average molecular weight is 518 g/mol. The summed E-state index contributed by atoms with van der Waals surface area (Å²) < 4.78 is 14.4. The summed E-state index contributed by atoms with van der Waals surface area (Å²) in [6.07, 6.45) is 8.66. The zero-order chi connectivity index (χ0) is 27.4. The van der Waals surface area contributed by atoms with E-state index in [0.717, 1.165) is 25.3 Å². The van der Waals surface area contributed by atoms with Crippen molar-refractivity contribution < 1.29 is 18.8 Å². The Balaban J connectivity index is 1.78. The lowest BCUT2D eigenvalue weighted by Crippen LogP contribution is -2.50. The predicted octanol–water partition coefficient (Wildman–Crippen LogP) is 2.94. The molecule has 0 aromatic carbocycles. The van der Waals surface area contributed by atoms with E-state index < -0.39 is 17.9 Å². The lowest BCUT2D eigenvalue weighted by Gasteiger charge is -2.35. The smallest absolute Gasteiger partial charge is 0.336 e. The number of hydrogen-bond donors (Lipinski definition) is 4. The van der Waals surface area contributed by atoms with E-state index in [2.05, 4.69) is 27.5 Å². The van der Waals surface area contributed by atoms with Crippen LogP contribution in [-0.4, -0.2) is 90.5 Å². The van der Waals surface area contributed by atoms with Crippen LogP contribution in [0.25, 0.3) is 0 Å². The normalized spacial score (nSPS) is 17.8. The minimum absolute atomic E-state index is 0.152. The van der Waals surface area contributed by atoms with E-state index in [1.54, 1.807) is 4.90 Å². The molecule has 0 bridgehead atoms. The standard InChI is InChI=1S/C26H40FN7O3/c1-5-7-19(16-20(27)17-30-24(36)31-22-8-6-9-22)23(35)34-14-12-33(13-15-34)18-21(28)10-11-29-25(37)32-26(2,3)4/h5,7,11,16,22,28H,1,6,8-10,12-15,17-18H2,2-4H3,(H,32,37)(H2,30,31,36). The van der Waals surface area contributed by atoms with Crippen LogP contribution in [0.3, 0.4) is 0 Å². The summed E-state index contributed by atoms with van der Waals surface area (Å²) in [7, 11) is 0. The summed E-state index contributed by atoms with van der Waals surface area (Å²) >= 11 is 0. The number of allylic oxidation sites excluding steroid dienone is 2. The molecule has 0 aromatic rings. The predicted molar refractivity (Wildman–Crippen MR) is 144 cm³/mol. The lowest BCUT2D eigenvalue weighted by molar-refractivity contribution is -0.128. The van der Waals surface area contributed by atoms with Crippen LogP contribution in [0.4, 0.5) is 14.0 Å². The molecule has 5 amide bonds. The molecule has 10 nitrogen and oxygen atoms in total. The van der Waals surface area contributed by atoms with Gasteiger partial charge in [0, 0.05) is 68.2 Å². The third kappa shape index (κ3) is 11.5. The molecule has 0 unspecified atom stereocenters. The number of nitrogens with zero attached hydrogens (tertiary/aromatic N) is 3. The molecule has 0 aromatic heterocycles. The maximum absolute atomic E-state index is 14.4. The highest BCUT2D eigenvalue weighted by Crippen LogP contribution is 2.17. The van der Waals surface area contributed by atoms with Crippen LogP contribution < -0.4 is 16.0 Å². The molecule has 1 aliphatic heterocycles. The fourth-order valence-corrected chi connectivity index (χ4v) is 3.70. The van der Waals surface area contributed by atoms with Gasteiger partial charge in [-0.15, -0.1) is 0 Å². The Morgan fingerprint density at radius 3 is 2.41 bits per heavy atom. The number of rotatable bonds is 10. The van der Waals surface area contributed by atoms with Crippen LogP contribution in [0.2, 0.25) is 0 Å². The monoisotopic (exact) mass is 517 g/mol. The van der Waals surface area contributed by atoms with Gasteiger partial charge >= 0.3 is 12.1 Å². The Bertz CT molecular complexity index is 940. The first-order chi connectivity index (χ1) is 17.5. The van der Waals surface area contributed by atoms with E-state index in [1.807, 2.05) is 25.7 Å². The van der Waals surface area contributed by atoms with Gasteiger partial charge in [-0.05, 0) is 52.2 Å². The number of urea groups is 2. The van der Waals surface area contributed by atoms with Gasteiger partial charge in [0.25, 0.3) is 5.91 Å². The van der Waals surface area contributed by atoms with Crippen molar-refractivity contribution >= 4 is 29.9 Å². The molecule has 1 saturated carbocycles. The fraction of sp³-hybridized carbons (Fsp3) is 0.577. The van der Waals surface area contributed by atoms with E-state index in [4.69, 9.17) is 5.41 Å². The summed E-state index contributed by atoms with van der Waals surface area (Å²) in [6.45, 7) is 11.3. The number of hydrogen-bond acceptors (Lipinski definition) is 5. The zero-order valence-corrected chi connectivity index (χ0v) is 22.1. The van der Waals surface area contributed by atoms with Crippen LogP contribution in [0.1, 0.15) is 46.5 Å². The molecule has 1 heterocycles. The van der Waals surface area contributed by atoms with Gasteiger partial charge in [0.2, 0.25) is 0 Å². The lowest BCUT2D eigenvalue weighted by atomic mass is 9.93. The van der Waals surface area contributed by atoms with Crippen LogP contribution in [-0.2, 0) is 4.79 Å². The van der Waals surface area contributed by atoms with Gasteiger partial charge in [-0.1, -0.05) is 12.7 Å². The molecule has 0 spiro atoms. The average Bonchev–Trinajstić information content (AvgIpc) is 2.78. The molecule has 11 heteroatoms. The van der Waals surface area contributed by atoms with Crippen molar-refractivity contribution in [2.24, 2.45) is 4.99 Å². The molecule has 37 heavy (non-hydrogen) atoms. The Morgan fingerprint density at radius 1 is 1.16 bits per heavy atom. The van der Waals surface area contributed by atoms with Gasteiger partial charge in [-0.25, -0.2) is 19.0 Å². The summed E-state index contributed by atoms with van der Waals surface area (Å²) in [5.74, 6) is -0.948. The van der Waals surface area contributed by atoms with E-state index >= 15 is 0 Å². The highest BCUT2D eigenvalue weighted by atomic mass is 19.1. The van der Waals surface area contributed by atoms with Gasteiger partial charge in [-0.2, -0.15) is 0 Å². The van der Waals surface area contributed by atoms with Crippen molar-refractivity contribution in [1.29, 1.82) is 5.41 Å². The quantitative estimate of drug-likeness (QED) is 0.202. The molecule has 2 fully saturated rings. The van der Waals surface area contributed by atoms with Crippen molar-refractivity contribution in [2.45, 2.75) is 58.0 Å². The molecule has 2 rings (SSSR count). The SMILES string of the molecule is C=CC=C(C=C(F)CNC(=O)NC1CCC1)C(=O)N1CCN(CC(=N)CC=NC(=O)NC(C)(C)C)CC1. The Labute approximate surface area is 218 Å². The highest BCUT2D eigenvalue weighted by molar-refractivity contribution is 5.98. The Morgan fingerprint density at radius 2 is 1.84 bits per heavy atom. The van der Waals surface area contributed by atoms with Crippen LogP contribution in [0.5, 0.6) is 0 Å². The molecule has 2 aliphatic rings. The number of halogens is 1. The topological polar surface area (TPSA) is 130 Å². The van der Waals surface area contributed by atoms with Gasteiger partial charge < -0.3 is 26.3 Å². The summed E-state index contributed by atoms with van der Waals surface area (Å²) in [4.78, 5) is 44.0. The molecule has 0 radical (unpaired) electrons. The minimum atomic E-state index is -0.630. The van der Waals surface area contributed by atoms with Crippen LogP contribution >= 0.6 is 0 Å². The molecule has 1 aliphatic carbocycles. The first-order valence-electron chi connectivity index (χ1n) is 12.6. The number of aliphatic imine (C=N–C) groups is 1. The summed E-state index contributed by atoms with van der Waals surface area (Å²) in [6, 6.07) is -0.704. The third-order valence-corrected chi connectivity index (χ3v) is 5.82. The first-order valence-corrected chi connectivity index (χ1v) is 12.6. The minimum Gasteiger partial charge on any atom is -0.336 e. The molecule has 4 N–H and O–H groups in total. The largest absolute Gasteiger partial charge is 0.340 e. The fourth-order valence-electron chi connectivity index (χ4n) is 3.70. The molecular formula is C26H40FN7O3. The number of carbonyl (C=O) groups is 3. The number of nitrogens with one attached hydrogen (secondary N) is 4. The van der Waals surface area contributed by atoms with E-state index in [1.165, 1.54) is 18.4 Å². The van der Waals surface area contributed by atoms with Crippen molar-refractivity contribution in [3.63, 3.8) is 0 Å². The van der Waals surface area contributed by atoms with Crippen LogP contribution in [0, 0.1) is 5.41 Å². The highest BCUT2D eigenvalue weighted by Gasteiger charge is 2.24. The second-order valence-corrected chi connectivity index (χ2v) is 10.3. The van der Waals surface area contributed by atoms with Gasteiger partial charge in [0.1, 0.15) is 5.83 Å². The number of piperazine rings is 1. The maximum atomic E-state index is 14.4. The van der Waals surface area contributed by atoms with Crippen molar-refractivity contribution in [1.82, 2.24) is 25.8 Å².